The Balaban J connectivity index is 1.39. The number of thioether (sulfide) groups is 1. The Kier molecular flexibility index (Phi) is 5.40. The Bertz CT molecular complexity index is 1020. The minimum absolute atomic E-state index is 0.0188. The van der Waals surface area contributed by atoms with E-state index in [1.807, 2.05) is 30.3 Å². The third-order valence-electron chi connectivity index (χ3n) is 4.45. The van der Waals surface area contributed by atoms with Crippen LogP contribution < -0.4 is 10.2 Å². The van der Waals surface area contributed by atoms with Crippen LogP contribution in [-0.4, -0.2) is 28.6 Å². The highest BCUT2D eigenvalue weighted by molar-refractivity contribution is 8.00. The lowest BCUT2D eigenvalue weighted by Gasteiger charge is -2.14. The van der Waals surface area contributed by atoms with Gasteiger partial charge in [0.2, 0.25) is 11.0 Å². The van der Waals surface area contributed by atoms with Crippen molar-refractivity contribution in [2.45, 2.75) is 23.4 Å². The lowest BCUT2D eigenvalue weighted by molar-refractivity contribution is -0.116. The second kappa shape index (κ2) is 8.12. The van der Waals surface area contributed by atoms with Crippen LogP contribution in [-0.2, 0) is 17.0 Å². The summed E-state index contributed by atoms with van der Waals surface area (Å²) in [6.07, 6.45) is 0.759. The van der Waals surface area contributed by atoms with Crippen molar-refractivity contribution in [3.05, 3.63) is 65.2 Å². The second-order valence-corrected chi connectivity index (χ2v) is 8.57. The van der Waals surface area contributed by atoms with Gasteiger partial charge in [0.1, 0.15) is 0 Å². The quantitative estimate of drug-likeness (QED) is 0.508. The van der Waals surface area contributed by atoms with Crippen LogP contribution in [0.2, 0.25) is 0 Å². The number of nitrogens with zero attached hydrogens (tertiary/aromatic N) is 3. The summed E-state index contributed by atoms with van der Waals surface area (Å²) in [6.45, 7) is 2.21. The van der Waals surface area contributed by atoms with Crippen LogP contribution in [0.5, 0.6) is 0 Å². The van der Waals surface area contributed by atoms with Crippen molar-refractivity contribution in [1.82, 2.24) is 10.2 Å². The second-order valence-electron chi connectivity index (χ2n) is 6.37. The number of rotatable bonds is 5. The minimum Gasteiger partial charge on any atom is -0.312 e. The fourth-order valence-electron chi connectivity index (χ4n) is 3.08. The van der Waals surface area contributed by atoms with Gasteiger partial charge in [0.25, 0.3) is 5.91 Å². The maximum absolute atomic E-state index is 12.6. The number of nitrogens with one attached hydrogen (secondary N) is 1. The molecule has 0 saturated carbocycles. The van der Waals surface area contributed by atoms with Crippen LogP contribution in [0.25, 0.3) is 0 Å². The minimum atomic E-state index is -0.222. The molecule has 0 unspecified atom stereocenters. The summed E-state index contributed by atoms with van der Waals surface area (Å²) in [5.74, 6) is 0.603. The maximum Gasteiger partial charge on any atom is 0.257 e. The van der Waals surface area contributed by atoms with E-state index in [9.17, 15) is 9.59 Å². The first-order valence-corrected chi connectivity index (χ1v) is 10.6. The first-order valence-electron chi connectivity index (χ1n) is 8.83. The Hall–Kier alpha value is -2.71. The lowest BCUT2D eigenvalue weighted by atomic mass is 10.1. The third-order valence-corrected chi connectivity index (χ3v) is 6.49. The van der Waals surface area contributed by atoms with Crippen LogP contribution in [0.1, 0.15) is 28.4 Å². The van der Waals surface area contributed by atoms with Gasteiger partial charge in [-0.05, 0) is 35.7 Å². The molecule has 142 valence electrons. The maximum atomic E-state index is 12.6. The van der Waals surface area contributed by atoms with Crippen LogP contribution in [0.4, 0.5) is 10.8 Å². The largest absolute Gasteiger partial charge is 0.312 e. The summed E-state index contributed by atoms with van der Waals surface area (Å²) >= 11 is 2.95. The van der Waals surface area contributed by atoms with Crippen LogP contribution in [0.3, 0.4) is 0 Å². The van der Waals surface area contributed by atoms with Crippen molar-refractivity contribution >= 4 is 45.7 Å². The highest BCUT2D eigenvalue weighted by Gasteiger charge is 2.23. The monoisotopic (exact) mass is 410 g/mol. The summed E-state index contributed by atoms with van der Waals surface area (Å²) < 4.78 is 0.810. The smallest absolute Gasteiger partial charge is 0.257 e. The number of hydrogen-bond donors (Lipinski definition) is 1. The van der Waals surface area contributed by atoms with E-state index in [1.165, 1.54) is 16.9 Å². The van der Waals surface area contributed by atoms with Crippen molar-refractivity contribution in [2.24, 2.45) is 0 Å². The molecule has 0 atom stereocenters. The SMILES string of the molecule is CC(=O)N1CCc2cc(C(=O)Nc3nnc(SCc4ccccc4)s3)ccc21. The van der Waals surface area contributed by atoms with E-state index in [0.717, 1.165) is 27.8 Å². The van der Waals surface area contributed by atoms with Crippen molar-refractivity contribution in [3.63, 3.8) is 0 Å². The van der Waals surface area contributed by atoms with E-state index in [1.54, 1.807) is 29.7 Å². The highest BCUT2D eigenvalue weighted by Crippen LogP contribution is 2.30. The number of hydrogen-bond acceptors (Lipinski definition) is 6. The normalized spacial score (nSPS) is 12.7. The summed E-state index contributed by atoms with van der Waals surface area (Å²) in [5.41, 5.74) is 3.67. The van der Waals surface area contributed by atoms with E-state index in [0.29, 0.717) is 17.2 Å². The molecule has 6 nitrogen and oxygen atoms in total. The molecule has 2 amide bonds. The third kappa shape index (κ3) is 4.07. The first kappa shape index (κ1) is 18.6. The molecular formula is C20H18N4O2S2. The van der Waals surface area contributed by atoms with Crippen LogP contribution in [0.15, 0.2) is 52.9 Å². The van der Waals surface area contributed by atoms with Gasteiger partial charge in [-0.15, -0.1) is 10.2 Å². The van der Waals surface area contributed by atoms with Gasteiger partial charge in [0, 0.05) is 30.5 Å². The number of carbonyl (C=O) groups excluding carboxylic acids is 2. The fourth-order valence-corrected chi connectivity index (χ4v) is 4.78. The number of carbonyl (C=O) groups is 2. The fraction of sp³-hybridized carbons (Fsp3) is 0.200. The van der Waals surface area contributed by atoms with Gasteiger partial charge in [-0.25, -0.2) is 0 Å². The van der Waals surface area contributed by atoms with Gasteiger partial charge in [0.05, 0.1) is 0 Å². The summed E-state index contributed by atoms with van der Waals surface area (Å²) in [4.78, 5) is 25.9. The van der Waals surface area contributed by atoms with Crippen molar-refractivity contribution in [3.8, 4) is 0 Å². The topological polar surface area (TPSA) is 75.2 Å². The molecule has 2 aromatic carbocycles. The zero-order valence-corrected chi connectivity index (χ0v) is 16.8. The van der Waals surface area contributed by atoms with E-state index >= 15 is 0 Å². The van der Waals surface area contributed by atoms with Crippen molar-refractivity contribution < 1.29 is 9.59 Å². The zero-order valence-electron chi connectivity index (χ0n) is 15.2. The van der Waals surface area contributed by atoms with E-state index < -0.39 is 0 Å². The van der Waals surface area contributed by atoms with Gasteiger partial charge < -0.3 is 4.90 Å². The predicted octanol–water partition coefficient (Wildman–Crippen LogP) is 3.99. The number of fused-ring (bicyclic) bond motifs is 1. The number of benzene rings is 2. The highest BCUT2D eigenvalue weighted by atomic mass is 32.2. The van der Waals surface area contributed by atoms with Gasteiger partial charge in [-0.3, -0.25) is 14.9 Å². The summed E-state index contributed by atoms with van der Waals surface area (Å²) in [7, 11) is 0. The van der Waals surface area contributed by atoms with Gasteiger partial charge in [-0.2, -0.15) is 0 Å². The standard InChI is InChI=1S/C20H18N4O2S2/c1-13(25)24-10-9-15-11-16(7-8-17(15)24)18(26)21-19-22-23-20(28-19)27-12-14-5-3-2-4-6-14/h2-8,11H,9-10,12H2,1H3,(H,21,22,26). The molecule has 0 aliphatic carbocycles. The Morgan fingerprint density at radius 1 is 1.18 bits per heavy atom. The molecule has 0 fully saturated rings. The molecule has 8 heteroatoms. The molecule has 2 heterocycles. The molecule has 28 heavy (non-hydrogen) atoms. The molecular weight excluding hydrogens is 392 g/mol. The molecule has 1 N–H and O–H groups in total. The number of anilines is 2. The van der Waals surface area contributed by atoms with Crippen molar-refractivity contribution in [1.29, 1.82) is 0 Å². The molecule has 0 bridgehead atoms. The number of amides is 2. The Morgan fingerprint density at radius 3 is 2.79 bits per heavy atom. The number of aromatic nitrogens is 2. The summed E-state index contributed by atoms with van der Waals surface area (Å²) in [6, 6.07) is 15.6. The Morgan fingerprint density at radius 2 is 2.00 bits per heavy atom. The summed E-state index contributed by atoms with van der Waals surface area (Å²) in [5, 5.41) is 11.5. The van der Waals surface area contributed by atoms with Gasteiger partial charge in [0.15, 0.2) is 4.34 Å². The Labute approximate surface area is 171 Å². The molecule has 0 radical (unpaired) electrons. The van der Waals surface area contributed by atoms with Crippen molar-refractivity contribution in [2.75, 3.05) is 16.8 Å². The average molecular weight is 411 g/mol. The first-order chi connectivity index (χ1) is 13.6. The molecule has 1 aromatic heterocycles. The zero-order chi connectivity index (χ0) is 19.5. The van der Waals surface area contributed by atoms with E-state index in [-0.39, 0.29) is 11.8 Å². The van der Waals surface area contributed by atoms with Crippen LogP contribution in [0, 0.1) is 0 Å². The molecule has 4 rings (SSSR count). The molecule has 1 aliphatic rings. The molecule has 3 aromatic rings. The van der Waals surface area contributed by atoms with E-state index in [2.05, 4.69) is 27.6 Å². The molecule has 0 saturated heterocycles. The van der Waals surface area contributed by atoms with Gasteiger partial charge >= 0.3 is 0 Å². The molecule has 1 aliphatic heterocycles. The van der Waals surface area contributed by atoms with Gasteiger partial charge in [-0.1, -0.05) is 53.4 Å². The predicted molar refractivity (Wildman–Crippen MR) is 112 cm³/mol. The molecule has 0 spiro atoms. The van der Waals surface area contributed by atoms with Crippen LogP contribution >= 0.6 is 23.1 Å². The van der Waals surface area contributed by atoms with E-state index in [4.69, 9.17) is 0 Å². The lowest BCUT2D eigenvalue weighted by Crippen LogP contribution is -2.25. The average Bonchev–Trinajstić information content (AvgIpc) is 3.33.